The number of nitrogens with two attached hydrogens (primary N) is 1. The van der Waals surface area contributed by atoms with E-state index in [1.165, 1.54) is 11.3 Å². The molecule has 80 valence electrons. The van der Waals surface area contributed by atoms with Gasteiger partial charge in [-0.3, -0.25) is 0 Å². The number of nitrogen functional groups attached to an aromatic ring is 1. The fourth-order valence-corrected chi connectivity index (χ4v) is 1.40. The van der Waals surface area contributed by atoms with Gasteiger partial charge in [-0.1, -0.05) is 25.2 Å². The SMILES string of the molecule is CC(C)COCCOc1ncc(N)s1. The van der Waals surface area contributed by atoms with Gasteiger partial charge in [-0.05, 0) is 5.92 Å². The molecule has 0 amide bonds. The zero-order chi connectivity index (χ0) is 10.4. The summed E-state index contributed by atoms with van der Waals surface area (Å²) in [6, 6.07) is 0. The highest BCUT2D eigenvalue weighted by Crippen LogP contribution is 2.21. The lowest BCUT2D eigenvalue weighted by atomic mass is 10.2. The summed E-state index contributed by atoms with van der Waals surface area (Å²) in [6.45, 7) is 6.12. The summed E-state index contributed by atoms with van der Waals surface area (Å²) in [5, 5.41) is 1.28. The van der Waals surface area contributed by atoms with Gasteiger partial charge in [0.05, 0.1) is 12.8 Å². The first-order valence-electron chi connectivity index (χ1n) is 4.60. The molecule has 1 aromatic heterocycles. The number of hydrogen-bond donors (Lipinski definition) is 1. The maximum atomic E-state index is 5.49. The Hall–Kier alpha value is -0.810. The van der Waals surface area contributed by atoms with Crippen LogP contribution in [0.5, 0.6) is 5.19 Å². The Bertz CT molecular complexity index is 263. The van der Waals surface area contributed by atoms with Crippen molar-refractivity contribution in [1.82, 2.24) is 4.98 Å². The van der Waals surface area contributed by atoms with Crippen molar-refractivity contribution in [3.8, 4) is 5.19 Å². The summed E-state index contributed by atoms with van der Waals surface area (Å²) in [7, 11) is 0. The smallest absolute Gasteiger partial charge is 0.275 e. The summed E-state index contributed by atoms with van der Waals surface area (Å²) in [5.41, 5.74) is 5.49. The van der Waals surface area contributed by atoms with Crippen LogP contribution in [0.3, 0.4) is 0 Å². The average molecular weight is 216 g/mol. The molecule has 1 rings (SSSR count). The lowest BCUT2D eigenvalue weighted by Gasteiger charge is -2.06. The Kier molecular flexibility index (Phi) is 4.69. The summed E-state index contributed by atoms with van der Waals surface area (Å²) < 4.78 is 10.7. The zero-order valence-corrected chi connectivity index (χ0v) is 9.34. The predicted octanol–water partition coefficient (Wildman–Crippen LogP) is 1.78. The van der Waals surface area contributed by atoms with E-state index in [0.29, 0.717) is 29.3 Å². The van der Waals surface area contributed by atoms with E-state index in [1.54, 1.807) is 6.20 Å². The second kappa shape index (κ2) is 5.82. The Morgan fingerprint density at radius 3 is 2.86 bits per heavy atom. The molecule has 2 N–H and O–H groups in total. The van der Waals surface area contributed by atoms with E-state index in [2.05, 4.69) is 18.8 Å². The molecule has 0 aliphatic heterocycles. The Morgan fingerprint density at radius 1 is 1.50 bits per heavy atom. The largest absolute Gasteiger partial charge is 0.468 e. The number of thiazole rings is 1. The van der Waals surface area contributed by atoms with Crippen molar-refractivity contribution in [2.45, 2.75) is 13.8 Å². The van der Waals surface area contributed by atoms with E-state index < -0.39 is 0 Å². The maximum absolute atomic E-state index is 5.49. The second-order valence-corrected chi connectivity index (χ2v) is 4.37. The first kappa shape index (κ1) is 11.3. The molecule has 0 bridgehead atoms. The maximum Gasteiger partial charge on any atom is 0.275 e. The Labute approximate surface area is 88.0 Å². The highest BCUT2D eigenvalue weighted by atomic mass is 32.1. The van der Waals surface area contributed by atoms with E-state index in [0.717, 1.165) is 6.61 Å². The second-order valence-electron chi connectivity index (χ2n) is 3.35. The standard InChI is InChI=1S/C9H16N2O2S/c1-7(2)6-12-3-4-13-9-11-5-8(10)14-9/h5,7H,3-4,6,10H2,1-2H3. The van der Waals surface area contributed by atoms with Gasteiger partial charge in [-0.25, -0.2) is 4.98 Å². The fourth-order valence-electron chi connectivity index (χ4n) is 0.844. The van der Waals surface area contributed by atoms with Crippen molar-refractivity contribution in [3.05, 3.63) is 6.20 Å². The number of nitrogens with zero attached hydrogens (tertiary/aromatic N) is 1. The number of rotatable bonds is 6. The van der Waals surface area contributed by atoms with Crippen LogP contribution in [0.15, 0.2) is 6.20 Å². The van der Waals surface area contributed by atoms with Gasteiger partial charge in [0, 0.05) is 6.61 Å². The lowest BCUT2D eigenvalue weighted by molar-refractivity contribution is 0.0818. The third-order valence-corrected chi connectivity index (χ3v) is 2.15. The van der Waals surface area contributed by atoms with Crippen LogP contribution >= 0.6 is 11.3 Å². The highest BCUT2D eigenvalue weighted by Gasteiger charge is 1.99. The molecule has 0 spiro atoms. The number of hydrogen-bond acceptors (Lipinski definition) is 5. The molecular formula is C9H16N2O2S. The molecule has 0 fully saturated rings. The van der Waals surface area contributed by atoms with Crippen LogP contribution in [-0.2, 0) is 4.74 Å². The van der Waals surface area contributed by atoms with Crippen LogP contribution in [-0.4, -0.2) is 24.8 Å². The van der Waals surface area contributed by atoms with Gasteiger partial charge >= 0.3 is 0 Å². The quantitative estimate of drug-likeness (QED) is 0.736. The van der Waals surface area contributed by atoms with Crippen LogP contribution in [0.2, 0.25) is 0 Å². The van der Waals surface area contributed by atoms with Crippen molar-refractivity contribution in [2.75, 3.05) is 25.6 Å². The van der Waals surface area contributed by atoms with Crippen LogP contribution in [0.4, 0.5) is 5.00 Å². The van der Waals surface area contributed by atoms with E-state index in [4.69, 9.17) is 15.2 Å². The fraction of sp³-hybridized carbons (Fsp3) is 0.667. The zero-order valence-electron chi connectivity index (χ0n) is 8.53. The van der Waals surface area contributed by atoms with Gasteiger partial charge < -0.3 is 15.2 Å². The highest BCUT2D eigenvalue weighted by molar-refractivity contribution is 7.17. The number of anilines is 1. The molecule has 0 saturated heterocycles. The van der Waals surface area contributed by atoms with E-state index >= 15 is 0 Å². The predicted molar refractivity (Wildman–Crippen MR) is 57.7 cm³/mol. The molecule has 4 nitrogen and oxygen atoms in total. The van der Waals surface area contributed by atoms with Crippen molar-refractivity contribution in [1.29, 1.82) is 0 Å². The molecule has 0 aromatic carbocycles. The summed E-state index contributed by atoms with van der Waals surface area (Å²) in [6.07, 6.45) is 1.59. The lowest BCUT2D eigenvalue weighted by Crippen LogP contribution is -2.09. The van der Waals surface area contributed by atoms with Crippen LogP contribution in [0, 0.1) is 5.92 Å². The monoisotopic (exact) mass is 216 g/mol. The Balaban J connectivity index is 2.04. The van der Waals surface area contributed by atoms with Crippen molar-refractivity contribution in [2.24, 2.45) is 5.92 Å². The normalized spacial score (nSPS) is 10.8. The molecule has 1 aromatic rings. The van der Waals surface area contributed by atoms with Gasteiger partial charge in [-0.15, -0.1) is 0 Å². The molecule has 14 heavy (non-hydrogen) atoms. The van der Waals surface area contributed by atoms with Crippen LogP contribution in [0.1, 0.15) is 13.8 Å². The summed E-state index contributed by atoms with van der Waals surface area (Å²) in [4.78, 5) is 3.96. The molecule has 0 unspecified atom stereocenters. The van der Waals surface area contributed by atoms with Crippen LogP contribution < -0.4 is 10.5 Å². The average Bonchev–Trinajstić information content (AvgIpc) is 2.50. The minimum Gasteiger partial charge on any atom is -0.468 e. The number of ether oxygens (including phenoxy) is 2. The minimum absolute atomic E-state index is 0.527. The summed E-state index contributed by atoms with van der Waals surface area (Å²) >= 11 is 1.34. The first-order valence-corrected chi connectivity index (χ1v) is 5.42. The van der Waals surface area contributed by atoms with Crippen molar-refractivity contribution >= 4 is 16.3 Å². The van der Waals surface area contributed by atoms with Gasteiger partial charge in [0.15, 0.2) is 0 Å². The third kappa shape index (κ3) is 4.43. The molecule has 1 heterocycles. The molecule has 0 saturated carbocycles. The summed E-state index contributed by atoms with van der Waals surface area (Å²) in [5.74, 6) is 0.561. The van der Waals surface area contributed by atoms with Crippen LogP contribution in [0.25, 0.3) is 0 Å². The van der Waals surface area contributed by atoms with E-state index in [9.17, 15) is 0 Å². The molecule has 0 atom stereocenters. The third-order valence-electron chi connectivity index (χ3n) is 1.41. The molecule has 0 aliphatic carbocycles. The number of aromatic nitrogens is 1. The molecule has 0 radical (unpaired) electrons. The van der Waals surface area contributed by atoms with Crippen molar-refractivity contribution < 1.29 is 9.47 Å². The molecule has 5 heteroatoms. The minimum atomic E-state index is 0.527. The first-order chi connectivity index (χ1) is 6.68. The van der Waals surface area contributed by atoms with E-state index in [1.807, 2.05) is 0 Å². The molecule has 0 aliphatic rings. The van der Waals surface area contributed by atoms with Gasteiger partial charge in [-0.2, -0.15) is 0 Å². The van der Waals surface area contributed by atoms with Gasteiger partial charge in [0.2, 0.25) is 0 Å². The van der Waals surface area contributed by atoms with E-state index in [-0.39, 0.29) is 0 Å². The molecular weight excluding hydrogens is 200 g/mol. The van der Waals surface area contributed by atoms with Gasteiger partial charge in [0.1, 0.15) is 11.6 Å². The topological polar surface area (TPSA) is 57.4 Å². The van der Waals surface area contributed by atoms with Crippen molar-refractivity contribution in [3.63, 3.8) is 0 Å². The Morgan fingerprint density at radius 2 is 2.29 bits per heavy atom. The van der Waals surface area contributed by atoms with Gasteiger partial charge in [0.25, 0.3) is 5.19 Å².